The first-order valence-electron chi connectivity index (χ1n) is 8.34. The molecule has 5 rings (SSSR count). The average Bonchev–Trinajstić information content (AvgIpc) is 2.95. The van der Waals surface area contributed by atoms with E-state index >= 15 is 0 Å². The van der Waals surface area contributed by atoms with Gasteiger partial charge < -0.3 is 15.4 Å². The largest absolute Gasteiger partial charge is 0.445 e. The second-order valence-electron chi connectivity index (χ2n) is 7.63. The van der Waals surface area contributed by atoms with Gasteiger partial charge in [0.25, 0.3) is 0 Å². The minimum absolute atomic E-state index is 0.231. The molecule has 21 heavy (non-hydrogen) atoms. The van der Waals surface area contributed by atoms with Crippen molar-refractivity contribution in [3.63, 3.8) is 0 Å². The number of carbonyl (C=O) groups excluding carboxylic acids is 2. The summed E-state index contributed by atoms with van der Waals surface area (Å²) in [6, 6.07) is 0. The van der Waals surface area contributed by atoms with Crippen LogP contribution >= 0.6 is 0 Å². The summed E-state index contributed by atoms with van der Waals surface area (Å²) in [4.78, 5) is 26.3. The van der Waals surface area contributed by atoms with Crippen molar-refractivity contribution in [3.8, 4) is 0 Å². The summed E-state index contributed by atoms with van der Waals surface area (Å²) in [5, 5.41) is 0. The molecular weight excluding hydrogens is 268 g/mol. The van der Waals surface area contributed by atoms with Crippen LogP contribution in [0.15, 0.2) is 0 Å². The average molecular weight is 292 g/mol. The Hall–Kier alpha value is -1.26. The van der Waals surface area contributed by atoms with Crippen LogP contribution in [0.4, 0.5) is 4.79 Å². The summed E-state index contributed by atoms with van der Waals surface area (Å²) >= 11 is 0. The van der Waals surface area contributed by atoms with Crippen molar-refractivity contribution in [2.45, 2.75) is 51.0 Å². The maximum absolute atomic E-state index is 12.4. The Labute approximate surface area is 125 Å². The molecule has 1 saturated heterocycles. The van der Waals surface area contributed by atoms with Crippen LogP contribution in [-0.2, 0) is 9.53 Å². The van der Waals surface area contributed by atoms with Gasteiger partial charge in [0.1, 0.15) is 6.10 Å². The predicted molar refractivity (Wildman–Crippen MR) is 76.3 cm³/mol. The Morgan fingerprint density at radius 1 is 1.05 bits per heavy atom. The predicted octanol–water partition coefficient (Wildman–Crippen LogP) is 1.90. The van der Waals surface area contributed by atoms with Gasteiger partial charge in [-0.1, -0.05) is 0 Å². The minimum Gasteiger partial charge on any atom is -0.445 e. The van der Waals surface area contributed by atoms with Crippen molar-refractivity contribution in [2.24, 2.45) is 28.9 Å². The molecule has 4 saturated carbocycles. The lowest BCUT2D eigenvalue weighted by Crippen LogP contribution is -2.62. The molecule has 0 spiro atoms. The molecule has 0 aromatic carbocycles. The van der Waals surface area contributed by atoms with E-state index in [0.29, 0.717) is 17.8 Å². The normalized spacial score (nSPS) is 44.1. The first-order chi connectivity index (χ1) is 10.1. The van der Waals surface area contributed by atoms with Gasteiger partial charge in [0.2, 0.25) is 5.91 Å². The highest BCUT2D eigenvalue weighted by atomic mass is 16.6. The lowest BCUT2D eigenvalue weighted by Gasteiger charge is -2.58. The zero-order valence-corrected chi connectivity index (χ0v) is 12.4. The number of amides is 2. The van der Waals surface area contributed by atoms with Crippen LogP contribution < -0.4 is 5.73 Å². The summed E-state index contributed by atoms with van der Waals surface area (Å²) in [5.74, 6) is 1.31. The number of rotatable bonds is 2. The molecule has 4 bridgehead atoms. The van der Waals surface area contributed by atoms with E-state index in [2.05, 4.69) is 0 Å². The van der Waals surface area contributed by atoms with Crippen LogP contribution in [0.3, 0.4) is 0 Å². The highest BCUT2D eigenvalue weighted by Gasteiger charge is 2.62. The molecular formula is C16H24N2O3. The number of nitrogens with two attached hydrogens (primary N) is 1. The first kappa shape index (κ1) is 13.4. The van der Waals surface area contributed by atoms with Crippen molar-refractivity contribution < 1.29 is 14.3 Å². The summed E-state index contributed by atoms with van der Waals surface area (Å²) in [7, 11) is 0. The Kier molecular flexibility index (Phi) is 2.95. The molecule has 1 heterocycles. The van der Waals surface area contributed by atoms with E-state index in [4.69, 9.17) is 10.5 Å². The molecule has 116 valence electrons. The van der Waals surface area contributed by atoms with Gasteiger partial charge in [-0.2, -0.15) is 0 Å². The van der Waals surface area contributed by atoms with Gasteiger partial charge in [0.15, 0.2) is 0 Å². The van der Waals surface area contributed by atoms with Crippen molar-refractivity contribution >= 4 is 12.0 Å². The summed E-state index contributed by atoms with van der Waals surface area (Å²) < 4.78 is 5.86. The van der Waals surface area contributed by atoms with E-state index in [1.54, 1.807) is 4.90 Å². The maximum Gasteiger partial charge on any atom is 0.410 e. The lowest BCUT2D eigenvalue weighted by molar-refractivity contribution is -0.175. The van der Waals surface area contributed by atoms with Gasteiger partial charge in [-0.05, 0) is 62.7 Å². The van der Waals surface area contributed by atoms with E-state index in [1.807, 2.05) is 0 Å². The summed E-state index contributed by atoms with van der Waals surface area (Å²) in [6.45, 7) is 1.57. The molecule has 0 aromatic heterocycles. The summed E-state index contributed by atoms with van der Waals surface area (Å²) in [6.07, 6.45) is 6.68. The van der Waals surface area contributed by atoms with Gasteiger partial charge in [-0.3, -0.25) is 4.79 Å². The van der Waals surface area contributed by atoms with Gasteiger partial charge in [-0.15, -0.1) is 0 Å². The van der Waals surface area contributed by atoms with E-state index in [0.717, 1.165) is 51.6 Å². The van der Waals surface area contributed by atoms with Crippen LogP contribution in [0.2, 0.25) is 0 Å². The van der Waals surface area contributed by atoms with Crippen LogP contribution in [0.1, 0.15) is 44.9 Å². The molecule has 0 radical (unpaired) electrons. The number of nitrogens with zero attached hydrogens (tertiary/aromatic N) is 1. The van der Waals surface area contributed by atoms with Gasteiger partial charge in [-0.25, -0.2) is 4.79 Å². The van der Waals surface area contributed by atoms with E-state index in [9.17, 15) is 9.59 Å². The topological polar surface area (TPSA) is 72.6 Å². The zero-order chi connectivity index (χ0) is 14.6. The Morgan fingerprint density at radius 2 is 1.67 bits per heavy atom. The molecule has 3 atom stereocenters. The second kappa shape index (κ2) is 4.62. The number of carbonyl (C=O) groups is 2. The molecule has 1 aliphatic heterocycles. The fourth-order valence-electron chi connectivity index (χ4n) is 5.63. The van der Waals surface area contributed by atoms with Crippen molar-refractivity contribution in [1.29, 1.82) is 0 Å². The Morgan fingerprint density at radius 3 is 2.24 bits per heavy atom. The quantitative estimate of drug-likeness (QED) is 0.845. The lowest BCUT2D eigenvalue weighted by atomic mass is 9.48. The number of ether oxygens (including phenoxy) is 1. The third-order valence-electron chi connectivity index (χ3n) is 6.30. The standard InChI is InChI=1S/C16H24N2O3/c17-14(19)16-8-10-5-11(9-16)7-12(6-10)13(16)21-15(20)18-3-1-2-4-18/h10-13H,1-9H2,(H2,17,19). The van der Waals surface area contributed by atoms with Crippen LogP contribution in [0.25, 0.3) is 0 Å². The van der Waals surface area contributed by atoms with Crippen LogP contribution in [-0.4, -0.2) is 36.1 Å². The highest BCUT2D eigenvalue weighted by molar-refractivity contribution is 5.83. The molecule has 5 nitrogen and oxygen atoms in total. The Balaban J connectivity index is 1.57. The third kappa shape index (κ3) is 1.96. The molecule has 2 amide bonds. The summed E-state index contributed by atoms with van der Waals surface area (Å²) in [5.41, 5.74) is 5.19. The maximum atomic E-state index is 12.4. The monoisotopic (exact) mass is 292 g/mol. The molecule has 4 aliphatic carbocycles. The van der Waals surface area contributed by atoms with Gasteiger partial charge in [0, 0.05) is 13.1 Å². The highest BCUT2D eigenvalue weighted by Crippen LogP contribution is 2.60. The molecule has 2 N–H and O–H groups in total. The van der Waals surface area contributed by atoms with Crippen molar-refractivity contribution in [2.75, 3.05) is 13.1 Å². The van der Waals surface area contributed by atoms with Gasteiger partial charge >= 0.3 is 6.09 Å². The molecule has 3 unspecified atom stereocenters. The van der Waals surface area contributed by atoms with E-state index < -0.39 is 5.41 Å². The van der Waals surface area contributed by atoms with Crippen LogP contribution in [0.5, 0.6) is 0 Å². The first-order valence-corrected chi connectivity index (χ1v) is 8.34. The number of likely N-dealkylation sites (tertiary alicyclic amines) is 1. The van der Waals surface area contributed by atoms with Gasteiger partial charge in [0.05, 0.1) is 5.41 Å². The van der Waals surface area contributed by atoms with Crippen molar-refractivity contribution in [1.82, 2.24) is 4.90 Å². The molecule has 0 aromatic rings. The third-order valence-corrected chi connectivity index (χ3v) is 6.30. The smallest absolute Gasteiger partial charge is 0.410 e. The number of primary amides is 1. The molecule has 5 aliphatic rings. The van der Waals surface area contributed by atoms with Crippen LogP contribution in [0, 0.1) is 23.2 Å². The number of hydrogen-bond donors (Lipinski definition) is 1. The minimum atomic E-state index is -0.579. The molecule has 5 fully saturated rings. The number of hydrogen-bond acceptors (Lipinski definition) is 3. The SMILES string of the molecule is NC(=O)C12CC3CC(CC(C3)C1OC(=O)N1CCCC1)C2. The second-order valence-corrected chi connectivity index (χ2v) is 7.63. The molecule has 5 heteroatoms. The van der Waals surface area contributed by atoms with E-state index in [1.165, 1.54) is 6.42 Å². The Bertz CT molecular complexity index is 458. The fraction of sp³-hybridized carbons (Fsp3) is 0.875. The van der Waals surface area contributed by atoms with E-state index in [-0.39, 0.29) is 18.1 Å². The fourth-order valence-corrected chi connectivity index (χ4v) is 5.63. The van der Waals surface area contributed by atoms with Crippen molar-refractivity contribution in [3.05, 3.63) is 0 Å². The zero-order valence-electron chi connectivity index (χ0n) is 12.4.